The Morgan fingerprint density at radius 1 is 1.64 bits per heavy atom. The number of carbonyl (C=O) groups excluding carboxylic acids is 1. The van der Waals surface area contributed by atoms with Gasteiger partial charge in [-0.1, -0.05) is 23.2 Å². The van der Waals surface area contributed by atoms with E-state index in [2.05, 4.69) is 10.1 Å². The Labute approximate surface area is 75.3 Å². The molecule has 0 aromatic rings. The van der Waals surface area contributed by atoms with E-state index < -0.39 is 0 Å². The summed E-state index contributed by atoms with van der Waals surface area (Å²) in [4.78, 5) is 10.5. The lowest BCUT2D eigenvalue weighted by Gasteiger charge is -2.00. The number of ether oxygens (including phenoxy) is 1. The maximum absolute atomic E-state index is 10.5. The highest BCUT2D eigenvalue weighted by atomic mass is 35.5. The van der Waals surface area contributed by atoms with Crippen molar-refractivity contribution in [2.45, 2.75) is 0 Å². The Morgan fingerprint density at radius 2 is 2.27 bits per heavy atom. The van der Waals surface area contributed by atoms with Crippen molar-refractivity contribution < 1.29 is 9.53 Å². The second-order valence-corrected chi connectivity index (χ2v) is 2.44. The number of hydrogen-bond donors (Lipinski definition) is 1. The molecule has 0 fully saturated rings. The van der Waals surface area contributed by atoms with Gasteiger partial charge in [0.05, 0.1) is 13.7 Å². The lowest BCUT2D eigenvalue weighted by molar-refractivity contribution is -0.139. The number of nitrogens with one attached hydrogen (secondary N) is 1. The van der Waals surface area contributed by atoms with Gasteiger partial charge in [0, 0.05) is 17.1 Å². The van der Waals surface area contributed by atoms with Gasteiger partial charge < -0.3 is 10.1 Å². The van der Waals surface area contributed by atoms with Crippen molar-refractivity contribution in [3.8, 4) is 0 Å². The number of esters is 1. The Balaban J connectivity index is 3.35. The van der Waals surface area contributed by atoms with E-state index in [4.69, 9.17) is 23.2 Å². The fourth-order valence-electron chi connectivity index (χ4n) is 0.395. The number of carbonyl (C=O) groups is 1. The average molecular weight is 198 g/mol. The predicted octanol–water partition coefficient (Wildman–Crippen LogP) is 1.07. The third kappa shape index (κ3) is 6.16. The van der Waals surface area contributed by atoms with E-state index in [1.165, 1.54) is 12.6 Å². The van der Waals surface area contributed by atoms with E-state index in [0.29, 0.717) is 11.6 Å². The third-order valence-electron chi connectivity index (χ3n) is 0.909. The molecule has 0 heterocycles. The van der Waals surface area contributed by atoms with Crippen LogP contribution >= 0.6 is 23.2 Å². The van der Waals surface area contributed by atoms with E-state index in [9.17, 15) is 4.79 Å². The van der Waals surface area contributed by atoms with E-state index in [0.717, 1.165) is 0 Å². The highest BCUT2D eigenvalue weighted by Gasteiger charge is 1.98. The summed E-state index contributed by atoms with van der Waals surface area (Å²) in [6, 6.07) is 0. The minimum atomic E-state index is -0.330. The lowest BCUT2D eigenvalue weighted by atomic mass is 10.5. The van der Waals surface area contributed by atoms with Crippen molar-refractivity contribution in [1.29, 1.82) is 0 Å². The van der Waals surface area contributed by atoms with E-state index in [1.54, 1.807) is 0 Å². The molecule has 0 aromatic carbocycles. The van der Waals surface area contributed by atoms with Crippen LogP contribution in [0.3, 0.4) is 0 Å². The fourth-order valence-corrected chi connectivity index (χ4v) is 0.566. The van der Waals surface area contributed by atoms with Crippen LogP contribution in [0, 0.1) is 0 Å². The highest BCUT2D eigenvalue weighted by molar-refractivity contribution is 6.36. The van der Waals surface area contributed by atoms with Crippen LogP contribution in [0.4, 0.5) is 0 Å². The number of methoxy groups -OCH3 is 1. The summed E-state index contributed by atoms with van der Waals surface area (Å²) in [7, 11) is 1.32. The molecule has 0 amide bonds. The zero-order chi connectivity index (χ0) is 8.69. The molecule has 11 heavy (non-hydrogen) atoms. The van der Waals surface area contributed by atoms with Gasteiger partial charge in [-0.3, -0.25) is 4.79 Å². The summed E-state index contributed by atoms with van der Waals surface area (Å²) in [6.45, 7) is 0.512. The van der Waals surface area contributed by atoms with Crippen LogP contribution in [0.25, 0.3) is 0 Å². The SMILES string of the molecule is COC(=O)CNCC(Cl)=CCl. The fraction of sp³-hybridized carbons (Fsp3) is 0.500. The standard InChI is InChI=1S/C6H9Cl2NO2/c1-11-6(10)4-9-3-5(8)2-7/h2,9H,3-4H2,1H3. The first kappa shape index (κ1) is 10.8. The van der Waals surface area contributed by atoms with Gasteiger partial charge in [0.15, 0.2) is 0 Å². The van der Waals surface area contributed by atoms with Crippen molar-refractivity contribution >= 4 is 29.2 Å². The Hall–Kier alpha value is -0.250. The van der Waals surface area contributed by atoms with Crippen LogP contribution in [0.1, 0.15) is 0 Å². The van der Waals surface area contributed by atoms with Crippen molar-refractivity contribution in [3.63, 3.8) is 0 Å². The minimum absolute atomic E-state index is 0.136. The van der Waals surface area contributed by atoms with Crippen LogP contribution in [0.2, 0.25) is 0 Å². The molecule has 0 bridgehead atoms. The predicted molar refractivity (Wildman–Crippen MR) is 44.7 cm³/mol. The summed E-state index contributed by atoms with van der Waals surface area (Å²) in [5.74, 6) is -0.330. The highest BCUT2D eigenvalue weighted by Crippen LogP contribution is 1.99. The summed E-state index contributed by atoms with van der Waals surface area (Å²) in [6.07, 6.45) is 0. The van der Waals surface area contributed by atoms with Gasteiger partial charge in [-0.05, 0) is 0 Å². The van der Waals surface area contributed by atoms with Gasteiger partial charge >= 0.3 is 5.97 Å². The second-order valence-electron chi connectivity index (χ2n) is 1.74. The topological polar surface area (TPSA) is 38.3 Å². The maximum Gasteiger partial charge on any atom is 0.319 e. The number of halogens is 2. The molecular formula is C6H9Cl2NO2. The average Bonchev–Trinajstić information content (AvgIpc) is 2.04. The van der Waals surface area contributed by atoms with Crippen LogP contribution in [-0.4, -0.2) is 26.2 Å². The second kappa shape index (κ2) is 6.46. The number of rotatable bonds is 4. The first-order valence-electron chi connectivity index (χ1n) is 2.93. The molecule has 1 N–H and O–H groups in total. The molecule has 0 radical (unpaired) electrons. The van der Waals surface area contributed by atoms with Gasteiger partial charge in [-0.15, -0.1) is 0 Å². The zero-order valence-electron chi connectivity index (χ0n) is 6.06. The van der Waals surface area contributed by atoms with Crippen LogP contribution < -0.4 is 5.32 Å². The van der Waals surface area contributed by atoms with Gasteiger partial charge in [0.25, 0.3) is 0 Å². The molecule has 0 aliphatic rings. The maximum atomic E-state index is 10.5. The molecule has 0 aliphatic heterocycles. The molecule has 3 nitrogen and oxygen atoms in total. The molecule has 0 saturated heterocycles. The summed E-state index contributed by atoms with van der Waals surface area (Å²) < 4.78 is 4.37. The Bertz CT molecular complexity index is 159. The molecule has 0 spiro atoms. The van der Waals surface area contributed by atoms with E-state index in [-0.39, 0.29) is 12.5 Å². The van der Waals surface area contributed by atoms with Crippen LogP contribution in [0.5, 0.6) is 0 Å². The monoisotopic (exact) mass is 197 g/mol. The van der Waals surface area contributed by atoms with Crippen molar-refractivity contribution in [3.05, 3.63) is 10.6 Å². The van der Waals surface area contributed by atoms with Crippen molar-refractivity contribution in [2.24, 2.45) is 0 Å². The summed E-state index contributed by atoms with van der Waals surface area (Å²) in [5, 5.41) is 3.18. The summed E-state index contributed by atoms with van der Waals surface area (Å²) in [5.41, 5.74) is 1.24. The lowest BCUT2D eigenvalue weighted by Crippen LogP contribution is -2.24. The van der Waals surface area contributed by atoms with Crippen molar-refractivity contribution in [2.75, 3.05) is 20.2 Å². The molecule has 5 heteroatoms. The first-order chi connectivity index (χ1) is 5.20. The van der Waals surface area contributed by atoms with Crippen LogP contribution in [0.15, 0.2) is 10.6 Å². The van der Waals surface area contributed by atoms with Gasteiger partial charge in [-0.25, -0.2) is 0 Å². The molecule has 0 atom stereocenters. The van der Waals surface area contributed by atoms with Gasteiger partial charge in [0.2, 0.25) is 0 Å². The molecule has 0 aromatic heterocycles. The van der Waals surface area contributed by atoms with Crippen molar-refractivity contribution in [1.82, 2.24) is 5.32 Å². The Kier molecular flexibility index (Phi) is 6.31. The molecule has 0 unspecified atom stereocenters. The zero-order valence-corrected chi connectivity index (χ0v) is 7.58. The van der Waals surface area contributed by atoms with Gasteiger partial charge in [-0.2, -0.15) is 0 Å². The Morgan fingerprint density at radius 3 is 2.73 bits per heavy atom. The minimum Gasteiger partial charge on any atom is -0.468 e. The molecule has 0 rings (SSSR count). The van der Waals surface area contributed by atoms with E-state index >= 15 is 0 Å². The molecule has 64 valence electrons. The van der Waals surface area contributed by atoms with E-state index in [1.807, 2.05) is 0 Å². The summed E-state index contributed by atoms with van der Waals surface area (Å²) >= 11 is 10.8. The first-order valence-corrected chi connectivity index (χ1v) is 3.74. The quantitative estimate of drug-likeness (QED) is 0.686. The number of hydrogen-bond acceptors (Lipinski definition) is 3. The molecule has 0 aliphatic carbocycles. The largest absolute Gasteiger partial charge is 0.468 e. The normalized spacial score (nSPS) is 11.4. The smallest absolute Gasteiger partial charge is 0.319 e. The van der Waals surface area contributed by atoms with Gasteiger partial charge in [0.1, 0.15) is 0 Å². The van der Waals surface area contributed by atoms with Crippen LogP contribution in [-0.2, 0) is 9.53 Å². The molecule has 0 saturated carbocycles. The third-order valence-corrected chi connectivity index (χ3v) is 1.53. The molecular weight excluding hydrogens is 189 g/mol.